The molecule has 1 aliphatic carbocycles. The van der Waals surface area contributed by atoms with Gasteiger partial charge in [0.1, 0.15) is 0 Å². The van der Waals surface area contributed by atoms with Gasteiger partial charge in [0, 0.05) is 13.6 Å². The molecular weight excluding hydrogens is 256 g/mol. The second-order valence-corrected chi connectivity index (χ2v) is 6.56. The van der Waals surface area contributed by atoms with Crippen LogP contribution in [0.5, 0.6) is 0 Å². The van der Waals surface area contributed by atoms with Crippen molar-refractivity contribution in [2.75, 3.05) is 20.1 Å². The van der Waals surface area contributed by atoms with Gasteiger partial charge in [-0.15, -0.1) is 0 Å². The second-order valence-electron chi connectivity index (χ2n) is 6.56. The van der Waals surface area contributed by atoms with Gasteiger partial charge in [0.2, 0.25) is 11.8 Å². The summed E-state index contributed by atoms with van der Waals surface area (Å²) < 4.78 is 0. The Morgan fingerprint density at radius 2 is 1.85 bits per heavy atom. The van der Waals surface area contributed by atoms with Crippen molar-refractivity contribution in [2.24, 2.45) is 5.41 Å². The van der Waals surface area contributed by atoms with Crippen LogP contribution in [0.25, 0.3) is 0 Å². The zero-order valence-corrected chi connectivity index (χ0v) is 12.7. The number of nitrogens with zero attached hydrogens (tertiary/aromatic N) is 1. The highest BCUT2D eigenvalue weighted by atomic mass is 16.3. The van der Waals surface area contributed by atoms with Gasteiger partial charge >= 0.3 is 0 Å². The van der Waals surface area contributed by atoms with Crippen LogP contribution in [-0.2, 0) is 9.59 Å². The molecule has 0 unspecified atom stereocenters. The molecule has 1 aliphatic rings. The van der Waals surface area contributed by atoms with Crippen LogP contribution in [0.1, 0.15) is 39.5 Å². The summed E-state index contributed by atoms with van der Waals surface area (Å²) in [6.07, 6.45) is 4.47. The standard InChI is InChI=1S/C15H26N2O3/c1-5-13(19)17(4)10-12(18)16-11-15(20)8-6-14(2,3)7-9-15/h5,20H,1,6-11H2,2-4H3,(H,16,18). The largest absolute Gasteiger partial charge is 0.388 e. The average molecular weight is 282 g/mol. The lowest BCUT2D eigenvalue weighted by molar-refractivity contribution is -0.132. The van der Waals surface area contributed by atoms with Gasteiger partial charge in [-0.05, 0) is 37.2 Å². The number of carbonyl (C=O) groups excluding carboxylic acids is 2. The van der Waals surface area contributed by atoms with Gasteiger partial charge < -0.3 is 15.3 Å². The maximum atomic E-state index is 11.7. The summed E-state index contributed by atoms with van der Waals surface area (Å²) in [5, 5.41) is 13.1. The molecule has 0 heterocycles. The van der Waals surface area contributed by atoms with E-state index in [0.29, 0.717) is 12.8 Å². The Bertz CT molecular complexity index is 381. The first-order valence-corrected chi connectivity index (χ1v) is 7.04. The molecule has 114 valence electrons. The monoisotopic (exact) mass is 282 g/mol. The van der Waals surface area contributed by atoms with Crippen LogP contribution in [-0.4, -0.2) is 47.6 Å². The van der Waals surface area contributed by atoms with Gasteiger partial charge in [0.05, 0.1) is 12.1 Å². The first-order valence-electron chi connectivity index (χ1n) is 7.04. The van der Waals surface area contributed by atoms with E-state index in [1.807, 2.05) is 0 Å². The van der Waals surface area contributed by atoms with Crippen molar-refractivity contribution < 1.29 is 14.7 Å². The Labute approximate surface area is 121 Å². The maximum absolute atomic E-state index is 11.7. The number of hydrogen-bond donors (Lipinski definition) is 2. The lowest BCUT2D eigenvalue weighted by Crippen LogP contribution is -2.48. The van der Waals surface area contributed by atoms with Crippen LogP contribution in [0.2, 0.25) is 0 Å². The van der Waals surface area contributed by atoms with Crippen LogP contribution >= 0.6 is 0 Å². The quantitative estimate of drug-likeness (QED) is 0.741. The van der Waals surface area contributed by atoms with E-state index in [4.69, 9.17) is 0 Å². The summed E-state index contributed by atoms with van der Waals surface area (Å²) in [6, 6.07) is 0. The number of rotatable bonds is 5. The van der Waals surface area contributed by atoms with Crippen LogP contribution < -0.4 is 5.32 Å². The van der Waals surface area contributed by atoms with Crippen LogP contribution in [0.15, 0.2) is 12.7 Å². The maximum Gasteiger partial charge on any atom is 0.246 e. The van der Waals surface area contributed by atoms with E-state index in [2.05, 4.69) is 25.7 Å². The summed E-state index contributed by atoms with van der Waals surface area (Å²) in [4.78, 5) is 24.3. The summed E-state index contributed by atoms with van der Waals surface area (Å²) >= 11 is 0. The third kappa shape index (κ3) is 4.96. The van der Waals surface area contributed by atoms with E-state index in [0.717, 1.165) is 12.8 Å². The summed E-state index contributed by atoms with van der Waals surface area (Å²) in [5.41, 5.74) is -0.543. The molecule has 0 radical (unpaired) electrons. The molecule has 0 saturated heterocycles. The van der Waals surface area contributed by atoms with Crippen molar-refractivity contribution in [3.05, 3.63) is 12.7 Å². The van der Waals surface area contributed by atoms with Crippen molar-refractivity contribution >= 4 is 11.8 Å². The predicted molar refractivity (Wildman–Crippen MR) is 78.0 cm³/mol. The number of likely N-dealkylation sites (N-methyl/N-ethyl adjacent to an activating group) is 1. The van der Waals surface area contributed by atoms with Crippen LogP contribution in [0, 0.1) is 5.41 Å². The Hall–Kier alpha value is -1.36. The first-order chi connectivity index (χ1) is 9.17. The van der Waals surface area contributed by atoms with Gasteiger partial charge in [0.25, 0.3) is 0 Å². The van der Waals surface area contributed by atoms with Crippen molar-refractivity contribution in [2.45, 2.75) is 45.1 Å². The molecule has 0 aliphatic heterocycles. The smallest absolute Gasteiger partial charge is 0.246 e. The van der Waals surface area contributed by atoms with E-state index in [1.165, 1.54) is 11.0 Å². The molecular formula is C15H26N2O3. The fourth-order valence-corrected chi connectivity index (χ4v) is 2.34. The normalized spacial score (nSPS) is 20.0. The fraction of sp³-hybridized carbons (Fsp3) is 0.733. The predicted octanol–water partition coefficient (Wildman–Crippen LogP) is 1.08. The fourth-order valence-electron chi connectivity index (χ4n) is 2.34. The number of hydrogen-bond acceptors (Lipinski definition) is 3. The lowest BCUT2D eigenvalue weighted by Gasteiger charge is -2.40. The molecule has 0 bridgehead atoms. The lowest BCUT2D eigenvalue weighted by atomic mass is 9.71. The van der Waals surface area contributed by atoms with E-state index >= 15 is 0 Å². The van der Waals surface area contributed by atoms with Crippen molar-refractivity contribution in [1.82, 2.24) is 10.2 Å². The number of nitrogens with one attached hydrogen (secondary N) is 1. The van der Waals surface area contributed by atoms with Crippen molar-refractivity contribution in [3.63, 3.8) is 0 Å². The number of carbonyl (C=O) groups is 2. The SMILES string of the molecule is C=CC(=O)N(C)CC(=O)NCC1(O)CCC(C)(C)CC1. The molecule has 0 aromatic rings. The van der Waals surface area contributed by atoms with Gasteiger partial charge in [-0.1, -0.05) is 20.4 Å². The summed E-state index contributed by atoms with van der Waals surface area (Å²) in [5.74, 6) is -0.556. The van der Waals surface area contributed by atoms with E-state index in [9.17, 15) is 14.7 Å². The summed E-state index contributed by atoms with van der Waals surface area (Å²) in [7, 11) is 1.54. The highest BCUT2D eigenvalue weighted by Crippen LogP contribution is 2.39. The van der Waals surface area contributed by atoms with Gasteiger partial charge in [-0.3, -0.25) is 9.59 Å². The third-order valence-corrected chi connectivity index (χ3v) is 4.08. The third-order valence-electron chi connectivity index (χ3n) is 4.08. The van der Waals surface area contributed by atoms with E-state index in [-0.39, 0.29) is 30.3 Å². The minimum absolute atomic E-state index is 0.0214. The Morgan fingerprint density at radius 1 is 1.30 bits per heavy atom. The Balaban J connectivity index is 2.37. The summed E-state index contributed by atoms with van der Waals surface area (Å²) in [6.45, 7) is 7.99. The number of aliphatic hydroxyl groups is 1. The second kappa shape index (κ2) is 6.39. The van der Waals surface area contributed by atoms with Crippen molar-refractivity contribution in [3.8, 4) is 0 Å². The molecule has 0 aromatic carbocycles. The highest BCUT2D eigenvalue weighted by Gasteiger charge is 2.36. The van der Waals surface area contributed by atoms with E-state index < -0.39 is 5.60 Å². The van der Waals surface area contributed by atoms with E-state index in [1.54, 1.807) is 7.05 Å². The molecule has 5 nitrogen and oxygen atoms in total. The van der Waals surface area contributed by atoms with Gasteiger partial charge in [0.15, 0.2) is 0 Å². The zero-order valence-electron chi connectivity index (χ0n) is 12.7. The minimum Gasteiger partial charge on any atom is -0.388 e. The molecule has 0 spiro atoms. The Morgan fingerprint density at radius 3 is 2.35 bits per heavy atom. The number of amides is 2. The molecule has 20 heavy (non-hydrogen) atoms. The average Bonchev–Trinajstić information content (AvgIpc) is 2.39. The van der Waals surface area contributed by atoms with Gasteiger partial charge in [-0.25, -0.2) is 0 Å². The molecule has 0 atom stereocenters. The molecule has 1 fully saturated rings. The molecule has 5 heteroatoms. The molecule has 1 saturated carbocycles. The zero-order chi connectivity index (χ0) is 15.4. The molecule has 1 rings (SSSR count). The molecule has 2 N–H and O–H groups in total. The Kier molecular flexibility index (Phi) is 5.34. The van der Waals surface area contributed by atoms with Gasteiger partial charge in [-0.2, -0.15) is 0 Å². The van der Waals surface area contributed by atoms with Crippen LogP contribution in [0.3, 0.4) is 0 Å². The first kappa shape index (κ1) is 16.7. The molecule has 0 aromatic heterocycles. The molecule has 2 amide bonds. The van der Waals surface area contributed by atoms with Crippen LogP contribution in [0.4, 0.5) is 0 Å². The van der Waals surface area contributed by atoms with Crippen molar-refractivity contribution in [1.29, 1.82) is 0 Å². The topological polar surface area (TPSA) is 69.6 Å². The highest BCUT2D eigenvalue weighted by molar-refractivity contribution is 5.90. The minimum atomic E-state index is -0.813.